The zero-order chi connectivity index (χ0) is 11.1. The number of nitrogens with zero attached hydrogens (tertiary/aromatic N) is 5. The van der Waals surface area contributed by atoms with Crippen LogP contribution in [0.2, 0.25) is 0 Å². The number of halogens is 1. The third kappa shape index (κ3) is 1.33. The number of alkyl halides is 1. The molecule has 3 rings (SSSR count). The van der Waals surface area contributed by atoms with Gasteiger partial charge in [0.05, 0.1) is 6.67 Å². The van der Waals surface area contributed by atoms with Gasteiger partial charge in [0, 0.05) is 30.8 Å². The fraction of sp³-hybridized carbons (Fsp3) is 0.500. The summed E-state index contributed by atoms with van der Waals surface area (Å²) >= 11 is 0. The molecule has 5 nitrogen and oxygen atoms in total. The fourth-order valence-corrected chi connectivity index (χ4v) is 1.99. The van der Waals surface area contributed by atoms with Gasteiger partial charge in [-0.15, -0.1) is 0 Å². The second kappa shape index (κ2) is 3.40. The first kappa shape index (κ1) is 9.50. The van der Waals surface area contributed by atoms with Crippen molar-refractivity contribution in [3.8, 4) is 0 Å². The molecule has 0 radical (unpaired) electrons. The van der Waals surface area contributed by atoms with E-state index in [1.54, 1.807) is 4.52 Å². The van der Waals surface area contributed by atoms with E-state index in [0.29, 0.717) is 5.78 Å². The Bertz CT molecular complexity index is 517. The van der Waals surface area contributed by atoms with Gasteiger partial charge in [0.1, 0.15) is 12.1 Å². The molecule has 1 saturated heterocycles. The van der Waals surface area contributed by atoms with Gasteiger partial charge in [0.15, 0.2) is 0 Å². The molecule has 0 amide bonds. The summed E-state index contributed by atoms with van der Waals surface area (Å²) in [5, 5.41) is 4.12. The SMILES string of the molecule is Cc1cc(N2CC(CF)C2)n2ncnc2n1. The second-order valence-corrected chi connectivity index (χ2v) is 4.15. The zero-order valence-electron chi connectivity index (χ0n) is 8.97. The predicted molar refractivity (Wildman–Crippen MR) is 57.2 cm³/mol. The van der Waals surface area contributed by atoms with Gasteiger partial charge in [-0.25, -0.2) is 4.98 Å². The van der Waals surface area contributed by atoms with Crippen molar-refractivity contribution in [1.29, 1.82) is 0 Å². The minimum absolute atomic E-state index is 0.159. The number of hydrogen-bond donors (Lipinski definition) is 0. The number of rotatable bonds is 2. The van der Waals surface area contributed by atoms with Crippen molar-refractivity contribution >= 4 is 11.6 Å². The number of fused-ring (bicyclic) bond motifs is 1. The summed E-state index contributed by atoms with van der Waals surface area (Å²) in [6.07, 6.45) is 1.48. The van der Waals surface area contributed by atoms with Crippen molar-refractivity contribution in [3.63, 3.8) is 0 Å². The number of aromatic nitrogens is 4. The molecular formula is C10H12FN5. The van der Waals surface area contributed by atoms with Crippen LogP contribution in [-0.2, 0) is 0 Å². The lowest BCUT2D eigenvalue weighted by Gasteiger charge is -2.39. The van der Waals surface area contributed by atoms with Crippen LogP contribution in [0.3, 0.4) is 0 Å². The molecule has 1 fully saturated rings. The molecule has 0 unspecified atom stereocenters. The first-order valence-electron chi connectivity index (χ1n) is 5.26. The standard InChI is InChI=1S/C10H12FN5/c1-7-2-9(15-4-8(3-11)5-15)16-10(14-7)12-6-13-16/h2,6,8H,3-5H2,1H3. The highest BCUT2D eigenvalue weighted by atomic mass is 19.1. The van der Waals surface area contributed by atoms with Crippen LogP contribution < -0.4 is 4.90 Å². The van der Waals surface area contributed by atoms with E-state index in [1.165, 1.54) is 6.33 Å². The smallest absolute Gasteiger partial charge is 0.254 e. The first-order valence-corrected chi connectivity index (χ1v) is 5.26. The third-order valence-corrected chi connectivity index (χ3v) is 2.86. The van der Waals surface area contributed by atoms with E-state index in [1.807, 2.05) is 13.0 Å². The Morgan fingerprint density at radius 3 is 3.06 bits per heavy atom. The molecule has 0 atom stereocenters. The largest absolute Gasteiger partial charge is 0.356 e. The quantitative estimate of drug-likeness (QED) is 0.753. The molecule has 1 aliphatic heterocycles. The second-order valence-electron chi connectivity index (χ2n) is 4.15. The van der Waals surface area contributed by atoms with Crippen LogP contribution in [0.5, 0.6) is 0 Å². The molecular weight excluding hydrogens is 209 g/mol. The Labute approximate surface area is 91.9 Å². The van der Waals surface area contributed by atoms with Crippen LogP contribution in [-0.4, -0.2) is 39.3 Å². The predicted octanol–water partition coefficient (Wildman–Crippen LogP) is 0.838. The van der Waals surface area contributed by atoms with E-state index in [4.69, 9.17) is 0 Å². The van der Waals surface area contributed by atoms with Gasteiger partial charge in [0.25, 0.3) is 5.78 Å². The normalized spacial score (nSPS) is 16.8. The van der Waals surface area contributed by atoms with Crippen LogP contribution in [0.1, 0.15) is 5.69 Å². The highest BCUT2D eigenvalue weighted by Crippen LogP contribution is 2.24. The van der Waals surface area contributed by atoms with Crippen LogP contribution in [0.4, 0.5) is 10.2 Å². The highest BCUT2D eigenvalue weighted by molar-refractivity contribution is 5.49. The lowest BCUT2D eigenvalue weighted by atomic mass is 10.0. The summed E-state index contributed by atoms with van der Waals surface area (Å²) in [6, 6.07) is 1.95. The zero-order valence-corrected chi connectivity index (χ0v) is 8.97. The Morgan fingerprint density at radius 2 is 2.31 bits per heavy atom. The topological polar surface area (TPSA) is 46.3 Å². The summed E-state index contributed by atoms with van der Waals surface area (Å²) in [6.45, 7) is 3.16. The van der Waals surface area contributed by atoms with Gasteiger partial charge < -0.3 is 4.90 Å². The summed E-state index contributed by atoms with van der Waals surface area (Å²) in [4.78, 5) is 10.4. The van der Waals surface area contributed by atoms with Gasteiger partial charge >= 0.3 is 0 Å². The summed E-state index contributed by atoms with van der Waals surface area (Å²) in [5.41, 5.74) is 0.902. The summed E-state index contributed by atoms with van der Waals surface area (Å²) in [5.74, 6) is 1.70. The van der Waals surface area contributed by atoms with E-state index in [-0.39, 0.29) is 12.6 Å². The van der Waals surface area contributed by atoms with E-state index in [0.717, 1.165) is 24.6 Å². The Morgan fingerprint density at radius 1 is 1.50 bits per heavy atom. The molecule has 2 aromatic heterocycles. The maximum absolute atomic E-state index is 12.4. The van der Waals surface area contributed by atoms with Crippen LogP contribution >= 0.6 is 0 Å². The first-order chi connectivity index (χ1) is 7.78. The summed E-state index contributed by atoms with van der Waals surface area (Å²) in [7, 11) is 0. The van der Waals surface area contributed by atoms with E-state index in [2.05, 4.69) is 20.0 Å². The maximum Gasteiger partial charge on any atom is 0.254 e. The molecule has 0 aliphatic carbocycles. The lowest BCUT2D eigenvalue weighted by molar-refractivity contribution is 0.304. The average Bonchev–Trinajstić information content (AvgIpc) is 2.63. The minimum Gasteiger partial charge on any atom is -0.356 e. The number of hydrogen-bond acceptors (Lipinski definition) is 4. The van der Waals surface area contributed by atoms with Gasteiger partial charge in [-0.1, -0.05) is 0 Å². The molecule has 0 aromatic carbocycles. The number of aryl methyl sites for hydroxylation is 1. The third-order valence-electron chi connectivity index (χ3n) is 2.86. The number of anilines is 1. The van der Waals surface area contributed by atoms with Crippen molar-refractivity contribution in [2.24, 2.45) is 5.92 Å². The van der Waals surface area contributed by atoms with Crippen LogP contribution in [0, 0.1) is 12.8 Å². The molecule has 0 bridgehead atoms. The van der Waals surface area contributed by atoms with Gasteiger partial charge in [-0.05, 0) is 6.92 Å². The molecule has 2 aromatic rings. The van der Waals surface area contributed by atoms with E-state index in [9.17, 15) is 4.39 Å². The Balaban J connectivity index is 2.00. The van der Waals surface area contributed by atoms with Crippen molar-refractivity contribution < 1.29 is 4.39 Å². The van der Waals surface area contributed by atoms with Gasteiger partial charge in [-0.2, -0.15) is 14.6 Å². The van der Waals surface area contributed by atoms with Crippen LogP contribution in [0.25, 0.3) is 5.78 Å². The lowest BCUT2D eigenvalue weighted by Crippen LogP contribution is -2.48. The van der Waals surface area contributed by atoms with Crippen LogP contribution in [0.15, 0.2) is 12.4 Å². The molecule has 6 heteroatoms. The molecule has 0 N–H and O–H groups in total. The molecule has 0 saturated carbocycles. The fourth-order valence-electron chi connectivity index (χ4n) is 1.99. The Kier molecular flexibility index (Phi) is 2.02. The highest BCUT2D eigenvalue weighted by Gasteiger charge is 2.28. The van der Waals surface area contributed by atoms with E-state index < -0.39 is 0 Å². The van der Waals surface area contributed by atoms with Crippen molar-refractivity contribution in [3.05, 3.63) is 18.1 Å². The molecule has 84 valence electrons. The minimum atomic E-state index is -0.249. The average molecular weight is 221 g/mol. The maximum atomic E-state index is 12.4. The molecule has 1 aliphatic rings. The van der Waals surface area contributed by atoms with Gasteiger partial charge in [-0.3, -0.25) is 4.39 Å². The van der Waals surface area contributed by atoms with Crippen molar-refractivity contribution in [2.45, 2.75) is 6.92 Å². The van der Waals surface area contributed by atoms with Crippen molar-refractivity contribution in [2.75, 3.05) is 24.7 Å². The monoisotopic (exact) mass is 221 g/mol. The molecule has 3 heterocycles. The van der Waals surface area contributed by atoms with E-state index >= 15 is 0 Å². The molecule has 16 heavy (non-hydrogen) atoms. The summed E-state index contributed by atoms with van der Waals surface area (Å²) < 4.78 is 14.1. The molecule has 0 spiro atoms. The Hall–Kier alpha value is -1.72. The van der Waals surface area contributed by atoms with Gasteiger partial charge in [0.2, 0.25) is 0 Å². The van der Waals surface area contributed by atoms with Crippen molar-refractivity contribution in [1.82, 2.24) is 19.6 Å².